The highest BCUT2D eigenvalue weighted by molar-refractivity contribution is 5.90. The smallest absolute Gasteiger partial charge is 0.330 e. The Hall–Kier alpha value is -2.84. The van der Waals surface area contributed by atoms with Crippen LogP contribution in [0, 0.1) is 10.1 Å². The van der Waals surface area contributed by atoms with E-state index >= 15 is 0 Å². The van der Waals surface area contributed by atoms with Gasteiger partial charge in [-0.25, -0.2) is 9.78 Å². The number of rotatable bonds is 7. The van der Waals surface area contributed by atoms with Crippen LogP contribution in [0.15, 0.2) is 30.5 Å². The first kappa shape index (κ1) is 18.9. The van der Waals surface area contributed by atoms with Crippen molar-refractivity contribution in [2.75, 3.05) is 19.8 Å². The average molecular weight is 372 g/mol. The number of hydrogen-bond acceptors (Lipinski definition) is 7. The number of esters is 1. The molecular weight excluding hydrogens is 352 g/mol. The maximum Gasteiger partial charge on any atom is 0.330 e. The third-order valence-corrected chi connectivity index (χ3v) is 4.06. The van der Waals surface area contributed by atoms with Crippen LogP contribution in [-0.4, -0.2) is 35.7 Å². The van der Waals surface area contributed by atoms with Crippen LogP contribution in [0.3, 0.4) is 0 Å². The van der Waals surface area contributed by atoms with Gasteiger partial charge >= 0.3 is 5.97 Å². The van der Waals surface area contributed by atoms with Gasteiger partial charge in [0.2, 0.25) is 0 Å². The first-order chi connectivity index (χ1) is 13.1. The fourth-order valence-corrected chi connectivity index (χ4v) is 2.73. The van der Waals surface area contributed by atoms with Gasteiger partial charge in [-0.1, -0.05) is 13.3 Å². The van der Waals surface area contributed by atoms with E-state index in [1.165, 1.54) is 18.3 Å². The molecule has 8 heteroatoms. The molecule has 3 rings (SSSR count). The second-order valence-electron chi connectivity index (χ2n) is 6.06. The number of hydrogen-bond donors (Lipinski definition) is 0. The minimum Gasteiger partial charge on any atom is -0.463 e. The molecule has 0 saturated carbocycles. The third-order valence-electron chi connectivity index (χ3n) is 4.06. The molecule has 0 unspecified atom stereocenters. The van der Waals surface area contributed by atoms with E-state index < -0.39 is 17.2 Å². The number of ether oxygens (including phenoxy) is 3. The Morgan fingerprint density at radius 3 is 2.85 bits per heavy atom. The number of pyridine rings is 1. The van der Waals surface area contributed by atoms with E-state index in [-0.39, 0.29) is 5.69 Å². The SMILES string of the molecule is CCCCOC(=O)/C=C/c1cc(C2OCCO2)c2ncc([N+](=O)[O-])cc2c1. The normalized spacial score (nSPS) is 14.9. The Bertz CT molecular complexity index is 874. The number of carbonyl (C=O) groups is 1. The third kappa shape index (κ3) is 4.66. The van der Waals surface area contributed by atoms with E-state index in [4.69, 9.17) is 14.2 Å². The van der Waals surface area contributed by atoms with Crippen LogP contribution in [0.2, 0.25) is 0 Å². The Morgan fingerprint density at radius 2 is 2.15 bits per heavy atom. The minimum atomic E-state index is -0.591. The Labute approximate surface area is 155 Å². The quantitative estimate of drug-likeness (QED) is 0.241. The summed E-state index contributed by atoms with van der Waals surface area (Å²) < 4.78 is 16.2. The molecule has 8 nitrogen and oxygen atoms in total. The molecule has 0 bridgehead atoms. The summed E-state index contributed by atoms with van der Waals surface area (Å²) in [6.45, 7) is 3.31. The minimum absolute atomic E-state index is 0.109. The van der Waals surface area contributed by atoms with Crippen LogP contribution in [-0.2, 0) is 19.0 Å². The zero-order chi connectivity index (χ0) is 19.2. The number of benzene rings is 1. The van der Waals surface area contributed by atoms with Crippen LogP contribution in [0.4, 0.5) is 5.69 Å². The molecule has 0 aliphatic carbocycles. The van der Waals surface area contributed by atoms with Crippen LogP contribution in [0.5, 0.6) is 0 Å². The molecule has 27 heavy (non-hydrogen) atoms. The van der Waals surface area contributed by atoms with Gasteiger partial charge in [-0.15, -0.1) is 0 Å². The monoisotopic (exact) mass is 372 g/mol. The zero-order valence-electron chi connectivity index (χ0n) is 14.9. The summed E-state index contributed by atoms with van der Waals surface area (Å²) in [5.41, 5.74) is 1.79. The zero-order valence-corrected chi connectivity index (χ0v) is 14.9. The Balaban J connectivity index is 1.94. The molecule has 2 aromatic rings. The highest BCUT2D eigenvalue weighted by atomic mass is 16.7. The van der Waals surface area contributed by atoms with Crippen LogP contribution in [0.25, 0.3) is 17.0 Å². The molecule has 0 radical (unpaired) electrons. The fourth-order valence-electron chi connectivity index (χ4n) is 2.73. The van der Waals surface area contributed by atoms with E-state index in [1.807, 2.05) is 6.92 Å². The molecule has 0 amide bonds. The number of aromatic nitrogens is 1. The summed E-state index contributed by atoms with van der Waals surface area (Å²) in [5, 5.41) is 11.6. The molecule has 0 spiro atoms. The molecule has 1 aromatic carbocycles. The molecule has 0 N–H and O–H groups in total. The second-order valence-corrected chi connectivity index (χ2v) is 6.06. The number of fused-ring (bicyclic) bond motifs is 1. The van der Waals surface area contributed by atoms with E-state index in [9.17, 15) is 14.9 Å². The number of nitrogens with zero attached hydrogens (tertiary/aromatic N) is 2. The van der Waals surface area contributed by atoms with Gasteiger partial charge in [-0.05, 0) is 30.2 Å². The second kappa shape index (κ2) is 8.70. The van der Waals surface area contributed by atoms with Crippen molar-refractivity contribution < 1.29 is 23.9 Å². The van der Waals surface area contributed by atoms with Crippen LogP contribution >= 0.6 is 0 Å². The van der Waals surface area contributed by atoms with Crippen molar-refractivity contribution in [3.05, 3.63) is 51.7 Å². The maximum absolute atomic E-state index is 11.8. The van der Waals surface area contributed by atoms with E-state index in [1.54, 1.807) is 18.2 Å². The van der Waals surface area contributed by atoms with Crippen molar-refractivity contribution in [2.24, 2.45) is 0 Å². The van der Waals surface area contributed by atoms with E-state index in [0.29, 0.717) is 41.9 Å². The Morgan fingerprint density at radius 1 is 1.37 bits per heavy atom. The van der Waals surface area contributed by atoms with Gasteiger partial charge in [0.1, 0.15) is 6.20 Å². The largest absolute Gasteiger partial charge is 0.463 e. The lowest BCUT2D eigenvalue weighted by Gasteiger charge is -2.13. The van der Waals surface area contributed by atoms with Crippen molar-refractivity contribution in [1.29, 1.82) is 0 Å². The van der Waals surface area contributed by atoms with Gasteiger partial charge in [-0.2, -0.15) is 0 Å². The summed E-state index contributed by atoms with van der Waals surface area (Å²) in [6, 6.07) is 4.97. The lowest BCUT2D eigenvalue weighted by molar-refractivity contribution is -0.385. The van der Waals surface area contributed by atoms with Gasteiger partial charge in [0, 0.05) is 23.1 Å². The van der Waals surface area contributed by atoms with Crippen molar-refractivity contribution in [3.63, 3.8) is 0 Å². The fraction of sp³-hybridized carbons (Fsp3) is 0.368. The summed E-state index contributed by atoms with van der Waals surface area (Å²) in [7, 11) is 0. The molecule has 1 aromatic heterocycles. The molecule has 2 heterocycles. The molecule has 1 fully saturated rings. The van der Waals surface area contributed by atoms with Crippen LogP contribution < -0.4 is 0 Å². The van der Waals surface area contributed by atoms with Crippen molar-refractivity contribution in [2.45, 2.75) is 26.1 Å². The number of unbranched alkanes of at least 4 members (excludes halogenated alkanes) is 1. The summed E-state index contributed by atoms with van der Waals surface area (Å²) >= 11 is 0. The van der Waals surface area contributed by atoms with Crippen molar-refractivity contribution >= 4 is 28.6 Å². The maximum atomic E-state index is 11.8. The number of nitro groups is 1. The summed E-state index contributed by atoms with van der Waals surface area (Å²) in [6.07, 6.45) is 5.31. The average Bonchev–Trinajstić information content (AvgIpc) is 3.20. The topological polar surface area (TPSA) is 101 Å². The Kier molecular flexibility index (Phi) is 6.10. The summed E-state index contributed by atoms with van der Waals surface area (Å²) in [5.74, 6) is -0.435. The first-order valence-electron chi connectivity index (χ1n) is 8.74. The molecule has 1 saturated heterocycles. The standard InChI is InChI=1S/C19H20N2O6/c1-2-3-6-25-17(22)5-4-13-9-14-11-15(21(23)24)12-20-18(14)16(10-13)19-26-7-8-27-19/h4-5,9-12,19H,2-3,6-8H2,1H3/b5-4+. The highest BCUT2D eigenvalue weighted by Gasteiger charge is 2.23. The van der Waals surface area contributed by atoms with Crippen molar-refractivity contribution in [1.82, 2.24) is 4.98 Å². The molecule has 1 aliphatic heterocycles. The van der Waals surface area contributed by atoms with Gasteiger partial charge in [0.15, 0.2) is 6.29 Å². The predicted octanol–water partition coefficient (Wildman–Crippen LogP) is 3.54. The lowest BCUT2D eigenvalue weighted by Crippen LogP contribution is -2.03. The number of carbonyl (C=O) groups excluding carboxylic acids is 1. The predicted molar refractivity (Wildman–Crippen MR) is 97.9 cm³/mol. The molecule has 1 aliphatic rings. The lowest BCUT2D eigenvalue weighted by atomic mass is 10.0. The van der Waals surface area contributed by atoms with Gasteiger partial charge in [0.25, 0.3) is 5.69 Å². The summed E-state index contributed by atoms with van der Waals surface area (Å²) in [4.78, 5) is 26.5. The van der Waals surface area contributed by atoms with Gasteiger partial charge in [-0.3, -0.25) is 10.1 Å². The van der Waals surface area contributed by atoms with E-state index in [0.717, 1.165) is 12.8 Å². The molecular formula is C19H20N2O6. The van der Waals surface area contributed by atoms with E-state index in [2.05, 4.69) is 4.98 Å². The van der Waals surface area contributed by atoms with Crippen molar-refractivity contribution in [3.8, 4) is 0 Å². The first-order valence-corrected chi connectivity index (χ1v) is 8.74. The molecule has 142 valence electrons. The highest BCUT2D eigenvalue weighted by Crippen LogP contribution is 2.32. The molecule has 0 atom stereocenters. The van der Waals surface area contributed by atoms with Gasteiger partial charge in [0.05, 0.1) is 30.3 Å². The van der Waals surface area contributed by atoms with Crippen LogP contribution in [0.1, 0.15) is 37.2 Å². The van der Waals surface area contributed by atoms with Gasteiger partial charge < -0.3 is 14.2 Å².